The summed E-state index contributed by atoms with van der Waals surface area (Å²) in [7, 11) is 0. The zero-order valence-corrected chi connectivity index (χ0v) is 18.1. The second-order valence-electron chi connectivity index (χ2n) is 6.72. The van der Waals surface area contributed by atoms with Crippen molar-refractivity contribution in [2.45, 2.75) is 6.92 Å². The Hall–Kier alpha value is -3.98. The summed E-state index contributed by atoms with van der Waals surface area (Å²) in [4.78, 5) is 23.1. The molecule has 0 unspecified atom stereocenters. The molecule has 0 aliphatic rings. The molecule has 32 heavy (non-hydrogen) atoms. The van der Waals surface area contributed by atoms with Crippen LogP contribution in [0.1, 0.15) is 15.9 Å². The van der Waals surface area contributed by atoms with Crippen LogP contribution < -0.4 is 20.1 Å². The Morgan fingerprint density at radius 1 is 0.969 bits per heavy atom. The zero-order chi connectivity index (χ0) is 22.9. The molecule has 0 radical (unpaired) electrons. The number of nitrogens with one attached hydrogen (secondary N) is 2. The van der Waals surface area contributed by atoms with Crippen molar-refractivity contribution in [1.82, 2.24) is 5.32 Å². The maximum atomic E-state index is 12.4. The molecule has 0 heterocycles. The minimum atomic E-state index is -0.511. The molecule has 3 aromatic rings. The smallest absolute Gasteiger partial charge is 0.292 e. The number of anilines is 1. The van der Waals surface area contributed by atoms with E-state index in [-0.39, 0.29) is 16.5 Å². The SMILES string of the molecule is Cc1ccc(NC(=S)NC(=O)c2ccc(OCCOc3ccccc3)cc2)c([N+](=O)[O-])c1. The monoisotopic (exact) mass is 451 g/mol. The lowest BCUT2D eigenvalue weighted by atomic mass is 10.2. The number of hydrogen-bond acceptors (Lipinski definition) is 6. The Morgan fingerprint density at radius 3 is 2.22 bits per heavy atom. The molecule has 0 spiro atoms. The molecule has 0 fully saturated rings. The van der Waals surface area contributed by atoms with Crippen molar-refractivity contribution in [3.63, 3.8) is 0 Å². The van der Waals surface area contributed by atoms with E-state index in [9.17, 15) is 14.9 Å². The first-order valence-corrected chi connectivity index (χ1v) is 10.1. The number of nitro benzene ring substituents is 1. The number of carbonyl (C=O) groups excluding carboxylic acids is 1. The number of thiocarbonyl (C=S) groups is 1. The number of rotatable bonds is 8. The van der Waals surface area contributed by atoms with Gasteiger partial charge >= 0.3 is 0 Å². The summed E-state index contributed by atoms with van der Waals surface area (Å²) in [5.74, 6) is 0.911. The van der Waals surface area contributed by atoms with E-state index in [0.717, 1.165) is 11.3 Å². The van der Waals surface area contributed by atoms with E-state index in [1.54, 1.807) is 43.3 Å². The summed E-state index contributed by atoms with van der Waals surface area (Å²) in [5.41, 5.74) is 1.18. The van der Waals surface area contributed by atoms with Gasteiger partial charge in [-0.2, -0.15) is 0 Å². The molecule has 9 heteroatoms. The van der Waals surface area contributed by atoms with E-state index in [1.165, 1.54) is 6.07 Å². The first-order valence-electron chi connectivity index (χ1n) is 9.70. The number of aryl methyl sites for hydroxylation is 1. The number of nitrogens with zero attached hydrogens (tertiary/aromatic N) is 1. The van der Waals surface area contributed by atoms with Crippen molar-refractivity contribution in [3.8, 4) is 11.5 Å². The van der Waals surface area contributed by atoms with Crippen LogP contribution >= 0.6 is 12.2 Å². The highest BCUT2D eigenvalue weighted by Gasteiger charge is 2.16. The van der Waals surface area contributed by atoms with E-state index in [1.807, 2.05) is 30.3 Å². The summed E-state index contributed by atoms with van der Waals surface area (Å²) >= 11 is 5.12. The average molecular weight is 452 g/mol. The van der Waals surface area contributed by atoms with E-state index in [4.69, 9.17) is 21.7 Å². The van der Waals surface area contributed by atoms with Gasteiger partial charge in [0.05, 0.1) is 4.92 Å². The molecule has 0 aliphatic carbocycles. The van der Waals surface area contributed by atoms with Crippen LogP contribution in [0.25, 0.3) is 0 Å². The molecule has 1 amide bonds. The van der Waals surface area contributed by atoms with Crippen molar-refractivity contribution in [2.75, 3.05) is 18.5 Å². The zero-order valence-electron chi connectivity index (χ0n) is 17.2. The summed E-state index contributed by atoms with van der Waals surface area (Å²) in [6.07, 6.45) is 0. The fraction of sp³-hybridized carbons (Fsp3) is 0.130. The van der Waals surface area contributed by atoms with Gasteiger partial charge in [0.25, 0.3) is 11.6 Å². The predicted octanol–water partition coefficient (Wildman–Crippen LogP) is 4.49. The molecule has 0 saturated heterocycles. The van der Waals surface area contributed by atoms with Crippen LogP contribution in [0, 0.1) is 17.0 Å². The van der Waals surface area contributed by atoms with Gasteiger partial charge in [-0.1, -0.05) is 24.3 Å². The first-order chi connectivity index (χ1) is 15.4. The maximum Gasteiger partial charge on any atom is 0.292 e. The van der Waals surface area contributed by atoms with Crippen LogP contribution in [0.15, 0.2) is 72.8 Å². The van der Waals surface area contributed by atoms with Crippen molar-refractivity contribution >= 4 is 34.6 Å². The number of hydrogen-bond donors (Lipinski definition) is 2. The van der Waals surface area contributed by atoms with Crippen LogP contribution in [0.2, 0.25) is 0 Å². The molecule has 0 aliphatic heterocycles. The molecule has 0 atom stereocenters. The highest BCUT2D eigenvalue weighted by Crippen LogP contribution is 2.25. The second-order valence-corrected chi connectivity index (χ2v) is 7.13. The van der Waals surface area contributed by atoms with Crippen LogP contribution in [-0.2, 0) is 0 Å². The molecule has 164 valence electrons. The summed E-state index contributed by atoms with van der Waals surface area (Å²) in [5, 5.41) is 16.4. The Bertz CT molecular complexity index is 1100. The van der Waals surface area contributed by atoms with Gasteiger partial charge in [-0.05, 0) is 67.2 Å². The number of ether oxygens (including phenoxy) is 2. The third-order valence-corrected chi connectivity index (χ3v) is 4.51. The molecular weight excluding hydrogens is 430 g/mol. The Kier molecular flexibility index (Phi) is 7.71. The number of amides is 1. The molecule has 0 aromatic heterocycles. The summed E-state index contributed by atoms with van der Waals surface area (Å²) in [6.45, 7) is 2.49. The molecule has 3 aromatic carbocycles. The summed E-state index contributed by atoms with van der Waals surface area (Å²) in [6, 6.07) is 20.6. The number of para-hydroxylation sites is 1. The fourth-order valence-electron chi connectivity index (χ4n) is 2.77. The van der Waals surface area contributed by atoms with Crippen molar-refractivity contribution in [2.24, 2.45) is 0 Å². The van der Waals surface area contributed by atoms with Gasteiger partial charge in [-0.3, -0.25) is 20.2 Å². The molecule has 3 rings (SSSR count). The quantitative estimate of drug-likeness (QED) is 0.225. The molecule has 8 nitrogen and oxygen atoms in total. The number of carbonyl (C=O) groups is 1. The predicted molar refractivity (Wildman–Crippen MR) is 125 cm³/mol. The van der Waals surface area contributed by atoms with Crippen molar-refractivity contribution in [1.29, 1.82) is 0 Å². The van der Waals surface area contributed by atoms with E-state index >= 15 is 0 Å². The third kappa shape index (κ3) is 6.51. The van der Waals surface area contributed by atoms with Crippen LogP contribution in [0.5, 0.6) is 11.5 Å². The van der Waals surface area contributed by atoms with Crippen molar-refractivity contribution in [3.05, 3.63) is 94.0 Å². The standard InChI is InChI=1S/C23H21N3O5S/c1-16-7-12-20(21(15-16)26(28)29)24-23(32)25-22(27)17-8-10-19(11-9-17)31-14-13-30-18-5-3-2-4-6-18/h2-12,15H,13-14H2,1H3,(H2,24,25,27,32). The van der Waals surface area contributed by atoms with E-state index in [0.29, 0.717) is 24.5 Å². The van der Waals surface area contributed by atoms with Gasteiger partial charge in [0.15, 0.2) is 5.11 Å². The highest BCUT2D eigenvalue weighted by atomic mass is 32.1. The molecule has 2 N–H and O–H groups in total. The lowest BCUT2D eigenvalue weighted by molar-refractivity contribution is -0.383. The van der Waals surface area contributed by atoms with E-state index < -0.39 is 10.8 Å². The Labute approximate surface area is 190 Å². The molecule has 0 saturated carbocycles. The topological polar surface area (TPSA) is 103 Å². The normalized spacial score (nSPS) is 10.2. The van der Waals surface area contributed by atoms with Gasteiger partial charge in [0, 0.05) is 11.6 Å². The minimum Gasteiger partial charge on any atom is -0.490 e. The third-order valence-electron chi connectivity index (χ3n) is 4.31. The maximum absolute atomic E-state index is 12.4. The van der Waals surface area contributed by atoms with E-state index in [2.05, 4.69) is 10.6 Å². The molecular formula is C23H21N3O5S. The highest BCUT2D eigenvalue weighted by molar-refractivity contribution is 7.80. The number of nitro groups is 1. The van der Waals surface area contributed by atoms with Gasteiger partial charge in [0.2, 0.25) is 0 Å². The Balaban J connectivity index is 1.49. The largest absolute Gasteiger partial charge is 0.490 e. The van der Waals surface area contributed by atoms with Gasteiger partial charge < -0.3 is 14.8 Å². The second kappa shape index (κ2) is 10.9. The van der Waals surface area contributed by atoms with Gasteiger partial charge in [-0.15, -0.1) is 0 Å². The van der Waals surface area contributed by atoms with Crippen LogP contribution in [-0.4, -0.2) is 29.2 Å². The van der Waals surface area contributed by atoms with Gasteiger partial charge in [-0.25, -0.2) is 0 Å². The fourth-order valence-corrected chi connectivity index (χ4v) is 2.97. The minimum absolute atomic E-state index is 0.0414. The van der Waals surface area contributed by atoms with Gasteiger partial charge in [0.1, 0.15) is 30.4 Å². The van der Waals surface area contributed by atoms with Crippen LogP contribution in [0.4, 0.5) is 11.4 Å². The summed E-state index contributed by atoms with van der Waals surface area (Å²) < 4.78 is 11.2. The number of benzene rings is 3. The van der Waals surface area contributed by atoms with Crippen molar-refractivity contribution < 1.29 is 19.2 Å². The average Bonchev–Trinajstić information content (AvgIpc) is 2.79. The first kappa shape index (κ1) is 22.7. The van der Waals surface area contributed by atoms with Crippen LogP contribution in [0.3, 0.4) is 0 Å². The molecule has 0 bridgehead atoms. The lowest BCUT2D eigenvalue weighted by Gasteiger charge is -2.11. The Morgan fingerprint density at radius 2 is 1.59 bits per heavy atom. The lowest BCUT2D eigenvalue weighted by Crippen LogP contribution is -2.34.